The number of phosphoric acid groups is 1. The number of rotatable bonds is 54. The van der Waals surface area contributed by atoms with Gasteiger partial charge in [0, 0.05) is 19.3 Å². The molecule has 11 nitrogen and oxygen atoms in total. The number of hydrogen-bond donors (Lipinski definition) is 2. The highest BCUT2D eigenvalue weighted by atomic mass is 31.2. The Balaban J connectivity index is 4.76. The summed E-state index contributed by atoms with van der Waals surface area (Å²) in [5, 5.41) is 9.81. The van der Waals surface area contributed by atoms with Crippen molar-refractivity contribution in [1.29, 1.82) is 0 Å². The van der Waals surface area contributed by atoms with Crippen LogP contribution in [0.2, 0.25) is 0 Å². The van der Waals surface area contributed by atoms with E-state index in [1.165, 1.54) is 57.8 Å². The molecule has 74 heavy (non-hydrogen) atoms. The summed E-state index contributed by atoms with van der Waals surface area (Å²) < 4.78 is 39.5. The Morgan fingerprint density at radius 3 is 1.14 bits per heavy atom. The van der Waals surface area contributed by atoms with E-state index in [0.29, 0.717) is 19.3 Å². The predicted molar refractivity (Wildman–Crippen MR) is 307 cm³/mol. The van der Waals surface area contributed by atoms with Gasteiger partial charge in [0.25, 0.3) is 0 Å². The van der Waals surface area contributed by atoms with Crippen LogP contribution in [0.4, 0.5) is 0 Å². The Morgan fingerprint density at radius 1 is 0.392 bits per heavy atom. The third-order valence-corrected chi connectivity index (χ3v) is 13.2. The first-order chi connectivity index (χ1) is 36.2. The van der Waals surface area contributed by atoms with Crippen LogP contribution in [-0.4, -0.2) is 66.5 Å². The van der Waals surface area contributed by atoms with E-state index < -0.39 is 57.8 Å². The quantitative estimate of drug-likeness (QED) is 0.0197. The Hall–Kier alpha value is -3.34. The summed E-state index contributed by atoms with van der Waals surface area (Å²) in [7, 11) is -4.76. The molecule has 0 heterocycles. The summed E-state index contributed by atoms with van der Waals surface area (Å²) in [5.41, 5.74) is 0. The highest BCUT2D eigenvalue weighted by Gasteiger charge is 2.28. The number of allylic oxidation sites excluding steroid dienone is 14. The van der Waals surface area contributed by atoms with Crippen LogP contribution in [0.15, 0.2) is 85.1 Å². The molecule has 0 aromatic carbocycles. The zero-order valence-corrected chi connectivity index (χ0v) is 47.9. The van der Waals surface area contributed by atoms with E-state index in [1.54, 1.807) is 0 Å². The van der Waals surface area contributed by atoms with Gasteiger partial charge < -0.3 is 24.2 Å². The van der Waals surface area contributed by atoms with Crippen molar-refractivity contribution >= 4 is 25.7 Å². The van der Waals surface area contributed by atoms with Crippen LogP contribution in [0.3, 0.4) is 0 Å². The summed E-state index contributed by atoms with van der Waals surface area (Å²) in [6.45, 7) is 4.41. The molecule has 426 valence electrons. The van der Waals surface area contributed by atoms with Gasteiger partial charge in [-0.1, -0.05) is 209 Å². The summed E-state index contributed by atoms with van der Waals surface area (Å²) >= 11 is 0. The third kappa shape index (κ3) is 53.5. The average Bonchev–Trinajstić information content (AvgIpc) is 3.39. The summed E-state index contributed by atoms with van der Waals surface area (Å²) in [6.07, 6.45) is 63.9. The van der Waals surface area contributed by atoms with Gasteiger partial charge in [-0.2, -0.15) is 0 Å². The van der Waals surface area contributed by atoms with Crippen LogP contribution in [-0.2, 0) is 42.2 Å². The maximum atomic E-state index is 12.9. The number of esters is 3. The van der Waals surface area contributed by atoms with Crippen LogP contribution in [0.5, 0.6) is 0 Å². The standard InChI is InChI=1S/C62H107O11P/c1-4-7-10-13-16-19-22-25-27-28-29-30-32-35-38-41-44-47-50-53-62(66)73-59(55-69-60(64)51-48-45-42-39-36-34-31-26-23-20-17-14-11-8-5-2)57-71-74(67,68)70-56-58(54-63)72-61(65)52-49-46-43-40-37-33-24-21-18-15-12-9-6-3/h8,11-12,15-17,19-21,24-27,31,58-59,63H,4-7,9-10,13-14,18,22-23,28-30,32-57H2,1-3H3,(H,67,68)/b11-8-,15-12-,19-16-,20-17-,24-21-,27-25-,31-26-. The van der Waals surface area contributed by atoms with Gasteiger partial charge in [0.2, 0.25) is 0 Å². The van der Waals surface area contributed by atoms with Crippen LogP contribution in [0.1, 0.15) is 252 Å². The molecule has 0 aliphatic rings. The summed E-state index contributed by atoms with van der Waals surface area (Å²) in [4.78, 5) is 48.6. The molecule has 0 aromatic heterocycles. The largest absolute Gasteiger partial charge is 0.472 e. The number of unbranched alkanes of at least 4 members (excludes halogenated alkanes) is 23. The zero-order chi connectivity index (χ0) is 54.1. The molecule has 0 aliphatic heterocycles. The van der Waals surface area contributed by atoms with Gasteiger partial charge in [0.15, 0.2) is 6.10 Å². The molecule has 2 N–H and O–H groups in total. The molecule has 3 unspecified atom stereocenters. The minimum absolute atomic E-state index is 0.155. The number of carbonyl (C=O) groups is 3. The number of phosphoric ester groups is 1. The summed E-state index contributed by atoms with van der Waals surface area (Å²) in [5.74, 6) is -1.50. The van der Waals surface area contributed by atoms with E-state index in [4.69, 9.17) is 23.3 Å². The first-order valence-electron chi connectivity index (χ1n) is 29.5. The smallest absolute Gasteiger partial charge is 0.462 e. The highest BCUT2D eigenvalue weighted by Crippen LogP contribution is 2.43. The zero-order valence-electron chi connectivity index (χ0n) is 47.0. The van der Waals surface area contributed by atoms with Crippen LogP contribution < -0.4 is 0 Å². The van der Waals surface area contributed by atoms with Crippen molar-refractivity contribution in [2.75, 3.05) is 26.4 Å². The van der Waals surface area contributed by atoms with Crippen molar-refractivity contribution in [1.82, 2.24) is 0 Å². The van der Waals surface area contributed by atoms with Crippen LogP contribution >= 0.6 is 7.82 Å². The van der Waals surface area contributed by atoms with E-state index in [2.05, 4.69) is 106 Å². The number of aliphatic hydroxyl groups excluding tert-OH is 1. The molecule has 0 fully saturated rings. The van der Waals surface area contributed by atoms with Crippen molar-refractivity contribution in [3.05, 3.63) is 85.1 Å². The highest BCUT2D eigenvalue weighted by molar-refractivity contribution is 7.47. The molecular formula is C62H107O11P. The Bertz CT molecular complexity index is 1560. The van der Waals surface area contributed by atoms with Crippen molar-refractivity contribution in [2.24, 2.45) is 0 Å². The Labute approximate surface area is 451 Å². The topological polar surface area (TPSA) is 155 Å². The van der Waals surface area contributed by atoms with Gasteiger partial charge in [0.05, 0.1) is 19.8 Å². The van der Waals surface area contributed by atoms with Crippen molar-refractivity contribution in [3.63, 3.8) is 0 Å². The number of carbonyl (C=O) groups excluding carboxylic acids is 3. The van der Waals surface area contributed by atoms with E-state index in [-0.39, 0.29) is 25.9 Å². The average molecular weight is 1060 g/mol. The minimum Gasteiger partial charge on any atom is -0.462 e. The summed E-state index contributed by atoms with van der Waals surface area (Å²) in [6, 6.07) is 0. The normalized spacial score (nSPS) is 14.0. The molecule has 0 bridgehead atoms. The van der Waals surface area contributed by atoms with Gasteiger partial charge in [0.1, 0.15) is 12.7 Å². The second kappa shape index (κ2) is 55.9. The first-order valence-corrected chi connectivity index (χ1v) is 31.0. The fourth-order valence-electron chi connectivity index (χ4n) is 7.79. The Kier molecular flexibility index (Phi) is 53.4. The van der Waals surface area contributed by atoms with Crippen molar-refractivity contribution in [3.8, 4) is 0 Å². The fraction of sp³-hybridized carbons (Fsp3) is 0.726. The molecule has 0 amide bonds. The molecule has 0 spiro atoms. The third-order valence-electron chi connectivity index (χ3n) is 12.3. The lowest BCUT2D eigenvalue weighted by Gasteiger charge is -2.21. The van der Waals surface area contributed by atoms with Crippen LogP contribution in [0, 0.1) is 0 Å². The lowest BCUT2D eigenvalue weighted by atomic mass is 10.1. The second-order valence-electron chi connectivity index (χ2n) is 19.4. The molecule has 3 atom stereocenters. The molecular weight excluding hydrogens is 952 g/mol. The van der Waals surface area contributed by atoms with E-state index in [9.17, 15) is 28.9 Å². The maximum absolute atomic E-state index is 12.9. The van der Waals surface area contributed by atoms with Gasteiger partial charge >= 0.3 is 25.7 Å². The molecule has 0 saturated carbocycles. The second-order valence-corrected chi connectivity index (χ2v) is 20.9. The predicted octanol–water partition coefficient (Wildman–Crippen LogP) is 17.5. The Morgan fingerprint density at radius 2 is 0.730 bits per heavy atom. The first kappa shape index (κ1) is 70.7. The van der Waals surface area contributed by atoms with Gasteiger partial charge in [-0.05, 0) is 109 Å². The molecule has 0 rings (SSSR count). The molecule has 0 aliphatic carbocycles. The molecule has 0 saturated heterocycles. The number of hydrogen-bond acceptors (Lipinski definition) is 10. The SMILES string of the molecule is CC/C=C\C/C=C\C/C=C\CCCCCCCC(=O)OCC(COP(=O)(O)OCC(CO)OC(=O)CCCCCCC/C=C\C/C=C\CCC)OC(=O)CCCCCCCCCCC/C=C\C/C=C\CCCCC. The van der Waals surface area contributed by atoms with Crippen molar-refractivity contribution in [2.45, 2.75) is 264 Å². The van der Waals surface area contributed by atoms with Gasteiger partial charge in [-0.15, -0.1) is 0 Å². The molecule has 12 heteroatoms. The minimum atomic E-state index is -4.76. The molecule has 0 aromatic rings. The van der Waals surface area contributed by atoms with E-state index in [0.717, 1.165) is 135 Å². The van der Waals surface area contributed by atoms with Gasteiger partial charge in [-0.25, -0.2) is 4.57 Å². The maximum Gasteiger partial charge on any atom is 0.472 e. The number of aliphatic hydroxyl groups is 1. The van der Waals surface area contributed by atoms with E-state index in [1.807, 2.05) is 0 Å². The number of ether oxygens (including phenoxy) is 3. The molecule has 0 radical (unpaired) electrons. The van der Waals surface area contributed by atoms with Crippen LogP contribution in [0.25, 0.3) is 0 Å². The fourth-order valence-corrected chi connectivity index (χ4v) is 8.58. The lowest BCUT2D eigenvalue weighted by Crippen LogP contribution is -2.30. The van der Waals surface area contributed by atoms with Gasteiger partial charge in [-0.3, -0.25) is 23.4 Å². The van der Waals surface area contributed by atoms with Crippen molar-refractivity contribution < 1.29 is 52.2 Å². The monoisotopic (exact) mass is 1060 g/mol. The lowest BCUT2D eigenvalue weighted by molar-refractivity contribution is -0.161. The van der Waals surface area contributed by atoms with E-state index >= 15 is 0 Å².